The number of fused-ring (bicyclic) bond motifs is 1. The summed E-state index contributed by atoms with van der Waals surface area (Å²) in [5.74, 6) is -0.699. The molecular formula is C20H19ClN2O3S. The first kappa shape index (κ1) is 19.3. The molecule has 0 aliphatic heterocycles. The van der Waals surface area contributed by atoms with E-state index >= 15 is 0 Å². The topological polar surface area (TPSA) is 59.5 Å². The Balaban J connectivity index is 1.99. The summed E-state index contributed by atoms with van der Waals surface area (Å²) in [6.07, 6.45) is 0. The van der Waals surface area contributed by atoms with Crippen LogP contribution >= 0.6 is 22.9 Å². The van der Waals surface area contributed by atoms with Gasteiger partial charge < -0.3 is 9.64 Å². The lowest BCUT2D eigenvalue weighted by Crippen LogP contribution is -2.39. The number of hydrogen-bond donors (Lipinski definition) is 0. The lowest BCUT2D eigenvalue weighted by atomic mass is 10.0. The van der Waals surface area contributed by atoms with Gasteiger partial charge in [-0.3, -0.25) is 4.79 Å². The van der Waals surface area contributed by atoms with Gasteiger partial charge >= 0.3 is 5.97 Å². The molecule has 0 aliphatic rings. The Kier molecular flexibility index (Phi) is 6.08. The maximum atomic E-state index is 13.2. The predicted octanol–water partition coefficient (Wildman–Crippen LogP) is 4.72. The fourth-order valence-corrected chi connectivity index (χ4v) is 3.75. The van der Waals surface area contributed by atoms with E-state index in [0.717, 1.165) is 10.2 Å². The number of benzene rings is 2. The fraction of sp³-hybridized carbons (Fsp3) is 0.250. The molecule has 0 saturated heterocycles. The van der Waals surface area contributed by atoms with E-state index in [1.807, 2.05) is 19.1 Å². The summed E-state index contributed by atoms with van der Waals surface area (Å²) >= 11 is 7.44. The van der Waals surface area contributed by atoms with Gasteiger partial charge in [-0.15, -0.1) is 11.3 Å². The molecule has 1 amide bonds. The lowest BCUT2D eigenvalue weighted by Gasteiger charge is -2.29. The van der Waals surface area contributed by atoms with Crippen molar-refractivity contribution < 1.29 is 14.3 Å². The van der Waals surface area contributed by atoms with Crippen molar-refractivity contribution in [2.75, 3.05) is 13.2 Å². The van der Waals surface area contributed by atoms with Gasteiger partial charge in [-0.05, 0) is 49.7 Å². The minimum absolute atomic E-state index is 0.235. The number of esters is 1. The van der Waals surface area contributed by atoms with Gasteiger partial charge in [0.1, 0.15) is 0 Å². The molecule has 0 saturated carbocycles. The smallest absolute Gasteiger partial charge is 0.333 e. The fourth-order valence-electron chi connectivity index (χ4n) is 2.91. The first-order valence-electron chi connectivity index (χ1n) is 8.61. The molecule has 0 N–H and O–H groups in total. The van der Waals surface area contributed by atoms with E-state index in [-0.39, 0.29) is 12.5 Å². The summed E-state index contributed by atoms with van der Waals surface area (Å²) < 4.78 is 6.17. The summed E-state index contributed by atoms with van der Waals surface area (Å²) in [5, 5.41) is 0.561. The Morgan fingerprint density at radius 3 is 2.59 bits per heavy atom. The third kappa shape index (κ3) is 4.12. The van der Waals surface area contributed by atoms with E-state index in [0.29, 0.717) is 22.7 Å². The van der Waals surface area contributed by atoms with Gasteiger partial charge in [0.05, 0.1) is 22.3 Å². The maximum absolute atomic E-state index is 13.2. The second-order valence-electron chi connectivity index (χ2n) is 5.83. The molecule has 0 fully saturated rings. The first-order chi connectivity index (χ1) is 13.0. The highest BCUT2D eigenvalue weighted by Gasteiger charge is 2.32. The van der Waals surface area contributed by atoms with Crippen LogP contribution in [0.2, 0.25) is 5.02 Å². The number of aromatic nitrogens is 1. The minimum atomic E-state index is -0.836. The summed E-state index contributed by atoms with van der Waals surface area (Å²) in [5.41, 5.74) is 3.76. The van der Waals surface area contributed by atoms with Gasteiger partial charge in [0.2, 0.25) is 0 Å². The van der Waals surface area contributed by atoms with Gasteiger partial charge in [0.15, 0.2) is 6.04 Å². The standard InChI is InChI=1S/C20H19ClN2O3S/c1-3-23(19(24)14-7-10-16-17(11-14)27-12-22-16)18(20(25)26-4-2)13-5-8-15(21)9-6-13/h5-12,18H,3-4H2,1-2H3. The monoisotopic (exact) mass is 402 g/mol. The molecular weight excluding hydrogens is 384 g/mol. The third-order valence-electron chi connectivity index (χ3n) is 4.19. The Morgan fingerprint density at radius 2 is 1.93 bits per heavy atom. The van der Waals surface area contributed by atoms with Crippen LogP contribution in [-0.4, -0.2) is 34.9 Å². The highest BCUT2D eigenvalue weighted by Crippen LogP contribution is 2.27. The molecule has 7 heteroatoms. The molecule has 5 nitrogen and oxygen atoms in total. The second-order valence-corrected chi connectivity index (χ2v) is 7.15. The van der Waals surface area contributed by atoms with E-state index in [1.165, 1.54) is 16.2 Å². The number of thiazole rings is 1. The van der Waals surface area contributed by atoms with Crippen molar-refractivity contribution in [1.29, 1.82) is 0 Å². The third-order valence-corrected chi connectivity index (χ3v) is 5.23. The molecule has 1 heterocycles. The van der Waals surface area contributed by atoms with Crippen LogP contribution in [0, 0.1) is 0 Å². The van der Waals surface area contributed by atoms with Gasteiger partial charge in [-0.1, -0.05) is 23.7 Å². The van der Waals surface area contributed by atoms with Gasteiger partial charge in [-0.2, -0.15) is 0 Å². The van der Waals surface area contributed by atoms with Crippen LogP contribution in [0.5, 0.6) is 0 Å². The van der Waals surface area contributed by atoms with Crippen LogP contribution in [0.4, 0.5) is 0 Å². The number of carbonyl (C=O) groups is 2. The average Bonchev–Trinajstić information content (AvgIpc) is 3.14. The Bertz CT molecular complexity index is 955. The Labute approximate surface area is 166 Å². The normalized spacial score (nSPS) is 12.0. The van der Waals surface area contributed by atoms with Crippen molar-refractivity contribution in [3.05, 3.63) is 64.1 Å². The molecule has 2 aromatic carbocycles. The summed E-state index contributed by atoms with van der Waals surface area (Å²) in [7, 11) is 0. The molecule has 27 heavy (non-hydrogen) atoms. The molecule has 0 bridgehead atoms. The molecule has 1 unspecified atom stereocenters. The Hall–Kier alpha value is -2.44. The number of nitrogens with zero attached hydrogens (tertiary/aromatic N) is 2. The molecule has 1 atom stereocenters. The molecule has 140 valence electrons. The van der Waals surface area contributed by atoms with Crippen molar-refractivity contribution in [2.24, 2.45) is 0 Å². The lowest BCUT2D eigenvalue weighted by molar-refractivity contribution is -0.148. The largest absolute Gasteiger partial charge is 0.464 e. The first-order valence-corrected chi connectivity index (χ1v) is 9.87. The van der Waals surface area contributed by atoms with E-state index in [2.05, 4.69) is 4.98 Å². The zero-order valence-electron chi connectivity index (χ0n) is 15.0. The van der Waals surface area contributed by atoms with Gasteiger partial charge in [0, 0.05) is 17.1 Å². The molecule has 1 aromatic heterocycles. The summed E-state index contributed by atoms with van der Waals surface area (Å²) in [6, 6.07) is 11.4. The van der Waals surface area contributed by atoms with Crippen molar-refractivity contribution in [3.8, 4) is 0 Å². The summed E-state index contributed by atoms with van der Waals surface area (Å²) in [4.78, 5) is 31.6. The number of amides is 1. The van der Waals surface area contributed by atoms with Crippen molar-refractivity contribution in [3.63, 3.8) is 0 Å². The summed E-state index contributed by atoms with van der Waals surface area (Å²) in [6.45, 7) is 4.17. The molecule has 0 spiro atoms. The van der Waals surface area contributed by atoms with Gasteiger partial charge in [0.25, 0.3) is 5.91 Å². The number of likely N-dealkylation sites (N-methyl/N-ethyl adjacent to an activating group) is 1. The molecule has 0 aliphatic carbocycles. The molecule has 0 radical (unpaired) electrons. The van der Waals surface area contributed by atoms with Crippen molar-refractivity contribution in [1.82, 2.24) is 9.88 Å². The number of rotatable bonds is 6. The predicted molar refractivity (Wildman–Crippen MR) is 107 cm³/mol. The SMILES string of the molecule is CCOC(=O)C(c1ccc(Cl)cc1)N(CC)C(=O)c1ccc2ncsc2c1. The Morgan fingerprint density at radius 1 is 1.19 bits per heavy atom. The minimum Gasteiger partial charge on any atom is -0.464 e. The van der Waals surface area contributed by atoms with E-state index < -0.39 is 12.0 Å². The van der Waals surface area contributed by atoms with Gasteiger partial charge in [-0.25, -0.2) is 9.78 Å². The van der Waals surface area contributed by atoms with Crippen molar-refractivity contribution >= 4 is 45.0 Å². The second kappa shape index (κ2) is 8.50. The zero-order chi connectivity index (χ0) is 19.4. The zero-order valence-corrected chi connectivity index (χ0v) is 16.6. The van der Waals surface area contributed by atoms with E-state index in [9.17, 15) is 9.59 Å². The highest BCUT2D eigenvalue weighted by molar-refractivity contribution is 7.16. The van der Waals surface area contributed by atoms with Crippen LogP contribution < -0.4 is 0 Å². The van der Waals surface area contributed by atoms with Crippen LogP contribution in [-0.2, 0) is 9.53 Å². The van der Waals surface area contributed by atoms with E-state index in [1.54, 1.807) is 42.8 Å². The quantitative estimate of drug-likeness (QED) is 0.560. The van der Waals surface area contributed by atoms with Crippen LogP contribution in [0.25, 0.3) is 10.2 Å². The van der Waals surface area contributed by atoms with Crippen LogP contribution in [0.15, 0.2) is 48.0 Å². The highest BCUT2D eigenvalue weighted by atomic mass is 35.5. The van der Waals surface area contributed by atoms with Crippen LogP contribution in [0.1, 0.15) is 35.8 Å². The van der Waals surface area contributed by atoms with Crippen LogP contribution in [0.3, 0.4) is 0 Å². The van der Waals surface area contributed by atoms with E-state index in [4.69, 9.17) is 16.3 Å². The molecule has 3 rings (SSSR count). The average molecular weight is 403 g/mol. The number of ether oxygens (including phenoxy) is 1. The number of hydrogen-bond acceptors (Lipinski definition) is 5. The molecule has 3 aromatic rings. The number of carbonyl (C=O) groups excluding carboxylic acids is 2. The van der Waals surface area contributed by atoms with Crippen molar-refractivity contribution in [2.45, 2.75) is 19.9 Å². The maximum Gasteiger partial charge on any atom is 0.333 e. The number of halogens is 1.